The molecule has 2 rings (SSSR count). The molecule has 132 valence electrons. The molecule has 0 saturated heterocycles. The van der Waals surface area contributed by atoms with Crippen LogP contribution in [0, 0.1) is 21.4 Å². The summed E-state index contributed by atoms with van der Waals surface area (Å²) in [5.41, 5.74) is -0.915. The standard InChI is InChI=1S/C17H10Cl2N2O5/c1-26-14-7-9(6-13(17(14)23)21(24)25)5-10(8-20)16(22)15-11(18)3-2-4-12(15)19/h2-7,23H,1H3/b10-5+. The van der Waals surface area contributed by atoms with E-state index in [0.29, 0.717) is 0 Å². The normalized spacial score (nSPS) is 10.9. The summed E-state index contributed by atoms with van der Waals surface area (Å²) in [4.78, 5) is 22.8. The first-order valence-corrected chi connectivity index (χ1v) is 7.71. The zero-order valence-corrected chi connectivity index (χ0v) is 14.7. The summed E-state index contributed by atoms with van der Waals surface area (Å²) in [5.74, 6) is -1.57. The van der Waals surface area contributed by atoms with Crippen LogP contribution in [-0.2, 0) is 0 Å². The van der Waals surface area contributed by atoms with Gasteiger partial charge in [0, 0.05) is 6.07 Å². The Hall–Kier alpha value is -3.08. The van der Waals surface area contributed by atoms with Crippen molar-refractivity contribution >= 4 is 40.7 Å². The van der Waals surface area contributed by atoms with Crippen molar-refractivity contribution in [1.82, 2.24) is 0 Å². The molecule has 7 nitrogen and oxygen atoms in total. The van der Waals surface area contributed by atoms with E-state index < -0.39 is 22.1 Å². The van der Waals surface area contributed by atoms with E-state index in [1.54, 1.807) is 12.1 Å². The third-order valence-corrected chi connectivity index (χ3v) is 3.99. The summed E-state index contributed by atoms with van der Waals surface area (Å²) in [6.45, 7) is 0. The van der Waals surface area contributed by atoms with Gasteiger partial charge in [0.2, 0.25) is 11.5 Å². The summed E-state index contributed by atoms with van der Waals surface area (Å²) < 4.78 is 4.88. The third-order valence-electron chi connectivity index (χ3n) is 3.36. The quantitative estimate of drug-likeness (QED) is 0.265. The van der Waals surface area contributed by atoms with E-state index in [1.165, 1.54) is 25.3 Å². The lowest BCUT2D eigenvalue weighted by Crippen LogP contribution is -2.04. The topological polar surface area (TPSA) is 113 Å². The van der Waals surface area contributed by atoms with Gasteiger partial charge in [-0.15, -0.1) is 0 Å². The maximum Gasteiger partial charge on any atom is 0.315 e. The second-order valence-corrected chi connectivity index (χ2v) is 5.76. The molecule has 0 fully saturated rings. The number of allylic oxidation sites excluding steroid dienone is 1. The number of phenols is 1. The molecule has 0 bridgehead atoms. The molecule has 0 aliphatic carbocycles. The summed E-state index contributed by atoms with van der Waals surface area (Å²) in [6, 6.07) is 8.43. The van der Waals surface area contributed by atoms with Crippen LogP contribution in [0.3, 0.4) is 0 Å². The van der Waals surface area contributed by atoms with Gasteiger partial charge in [-0.2, -0.15) is 5.26 Å². The number of halogens is 2. The summed E-state index contributed by atoms with van der Waals surface area (Å²) in [6.07, 6.45) is 1.12. The number of carbonyl (C=O) groups is 1. The molecule has 0 aliphatic heterocycles. The maximum absolute atomic E-state index is 12.6. The number of Topliss-reactive ketones (excluding diaryl/α,β-unsaturated/α-hetero) is 1. The number of nitro benzene ring substituents is 1. The highest BCUT2D eigenvalue weighted by Gasteiger charge is 2.22. The van der Waals surface area contributed by atoms with Crippen LogP contribution in [-0.4, -0.2) is 22.9 Å². The Balaban J connectivity index is 2.60. The van der Waals surface area contributed by atoms with Crippen LogP contribution >= 0.6 is 23.2 Å². The van der Waals surface area contributed by atoms with E-state index in [1.807, 2.05) is 0 Å². The van der Waals surface area contributed by atoms with Gasteiger partial charge in [-0.25, -0.2) is 0 Å². The van der Waals surface area contributed by atoms with Gasteiger partial charge in [0.1, 0.15) is 11.6 Å². The number of nitro groups is 1. The van der Waals surface area contributed by atoms with Crippen LogP contribution in [0.4, 0.5) is 5.69 Å². The van der Waals surface area contributed by atoms with Gasteiger partial charge in [-0.05, 0) is 29.8 Å². The third kappa shape index (κ3) is 3.77. The number of nitriles is 1. The molecule has 1 N–H and O–H groups in total. The van der Waals surface area contributed by atoms with Gasteiger partial charge in [0.25, 0.3) is 0 Å². The number of nitrogens with zero attached hydrogens (tertiary/aromatic N) is 2. The molecule has 0 aromatic heterocycles. The number of ketones is 1. The van der Waals surface area contributed by atoms with Crippen LogP contribution in [0.5, 0.6) is 11.5 Å². The molecule has 0 aliphatic rings. The molecular formula is C17H10Cl2N2O5. The number of phenolic OH excluding ortho intramolecular Hbond substituents is 1. The van der Waals surface area contributed by atoms with Crippen molar-refractivity contribution < 1.29 is 19.6 Å². The smallest absolute Gasteiger partial charge is 0.315 e. The number of aromatic hydroxyl groups is 1. The average Bonchev–Trinajstić information content (AvgIpc) is 2.60. The molecule has 0 atom stereocenters. The van der Waals surface area contributed by atoms with Crippen molar-refractivity contribution in [3.8, 4) is 17.6 Å². The van der Waals surface area contributed by atoms with Gasteiger partial charge in [0.15, 0.2) is 5.75 Å². The Labute approximate surface area is 157 Å². The molecule has 0 saturated carbocycles. The van der Waals surface area contributed by atoms with Crippen molar-refractivity contribution in [2.45, 2.75) is 0 Å². The number of benzene rings is 2. The molecule has 0 spiro atoms. The van der Waals surface area contributed by atoms with Crippen molar-refractivity contribution in [3.05, 3.63) is 67.2 Å². The Kier molecular flexibility index (Phi) is 5.82. The highest BCUT2D eigenvalue weighted by Crippen LogP contribution is 2.37. The summed E-state index contributed by atoms with van der Waals surface area (Å²) >= 11 is 12.0. The first-order chi connectivity index (χ1) is 12.3. The van der Waals surface area contributed by atoms with Gasteiger partial charge < -0.3 is 9.84 Å². The van der Waals surface area contributed by atoms with E-state index in [4.69, 9.17) is 27.9 Å². The minimum absolute atomic E-state index is 0.0520. The average molecular weight is 393 g/mol. The van der Waals surface area contributed by atoms with Crippen molar-refractivity contribution in [2.75, 3.05) is 7.11 Å². The van der Waals surface area contributed by atoms with Crippen molar-refractivity contribution in [3.63, 3.8) is 0 Å². The monoisotopic (exact) mass is 392 g/mol. The van der Waals surface area contributed by atoms with Crippen LogP contribution in [0.15, 0.2) is 35.9 Å². The van der Waals surface area contributed by atoms with Crippen molar-refractivity contribution in [1.29, 1.82) is 5.26 Å². The van der Waals surface area contributed by atoms with E-state index in [2.05, 4.69) is 0 Å². The lowest BCUT2D eigenvalue weighted by atomic mass is 10.0. The Morgan fingerprint density at radius 1 is 1.35 bits per heavy atom. The van der Waals surface area contributed by atoms with E-state index >= 15 is 0 Å². The number of hydrogen-bond donors (Lipinski definition) is 1. The number of carbonyl (C=O) groups excluding carboxylic acids is 1. The molecule has 9 heteroatoms. The Bertz CT molecular complexity index is 960. The fourth-order valence-electron chi connectivity index (χ4n) is 2.16. The molecule has 2 aromatic carbocycles. The SMILES string of the molecule is COc1cc(/C=C(\C#N)C(=O)c2c(Cl)cccc2Cl)cc([N+](=O)[O-])c1O. The highest BCUT2D eigenvalue weighted by atomic mass is 35.5. The Morgan fingerprint density at radius 2 is 1.96 bits per heavy atom. The van der Waals surface area contributed by atoms with Crippen LogP contribution in [0.2, 0.25) is 10.0 Å². The first kappa shape index (κ1) is 19.2. The first-order valence-electron chi connectivity index (χ1n) is 6.96. The molecule has 0 unspecified atom stereocenters. The highest BCUT2D eigenvalue weighted by molar-refractivity contribution is 6.41. The Morgan fingerprint density at radius 3 is 2.46 bits per heavy atom. The van der Waals surface area contributed by atoms with Gasteiger partial charge in [-0.3, -0.25) is 14.9 Å². The minimum atomic E-state index is -0.812. The number of hydrogen-bond acceptors (Lipinski definition) is 6. The predicted molar refractivity (Wildman–Crippen MR) is 95.7 cm³/mol. The number of methoxy groups -OCH3 is 1. The lowest BCUT2D eigenvalue weighted by molar-refractivity contribution is -0.386. The molecular weight excluding hydrogens is 383 g/mol. The number of ether oxygens (including phenoxy) is 1. The van der Waals surface area contributed by atoms with Crippen LogP contribution in [0.25, 0.3) is 6.08 Å². The fraction of sp³-hybridized carbons (Fsp3) is 0.0588. The predicted octanol–water partition coefficient (Wildman–Crippen LogP) is 4.41. The van der Waals surface area contributed by atoms with E-state index in [0.717, 1.165) is 12.1 Å². The van der Waals surface area contributed by atoms with Gasteiger partial charge >= 0.3 is 5.69 Å². The van der Waals surface area contributed by atoms with E-state index in [-0.39, 0.29) is 32.5 Å². The van der Waals surface area contributed by atoms with E-state index in [9.17, 15) is 25.3 Å². The molecule has 0 amide bonds. The van der Waals surface area contributed by atoms with Crippen molar-refractivity contribution in [2.24, 2.45) is 0 Å². The second kappa shape index (κ2) is 7.87. The van der Waals surface area contributed by atoms with Crippen LogP contribution < -0.4 is 4.74 Å². The van der Waals surface area contributed by atoms with Gasteiger partial charge in [0.05, 0.1) is 27.6 Å². The van der Waals surface area contributed by atoms with Gasteiger partial charge in [-0.1, -0.05) is 29.3 Å². The largest absolute Gasteiger partial charge is 0.500 e. The molecule has 26 heavy (non-hydrogen) atoms. The molecule has 0 radical (unpaired) electrons. The minimum Gasteiger partial charge on any atom is -0.500 e. The fourth-order valence-corrected chi connectivity index (χ4v) is 2.73. The second-order valence-electron chi connectivity index (χ2n) is 4.94. The maximum atomic E-state index is 12.6. The molecule has 2 aromatic rings. The molecule has 0 heterocycles. The lowest BCUT2D eigenvalue weighted by Gasteiger charge is -2.07. The van der Waals surface area contributed by atoms with Crippen LogP contribution in [0.1, 0.15) is 15.9 Å². The number of rotatable bonds is 5. The zero-order valence-electron chi connectivity index (χ0n) is 13.2. The summed E-state index contributed by atoms with van der Waals surface area (Å²) in [7, 11) is 1.21. The summed E-state index contributed by atoms with van der Waals surface area (Å²) in [5, 5.41) is 30.3. The zero-order chi connectivity index (χ0) is 19.4.